The summed E-state index contributed by atoms with van der Waals surface area (Å²) in [4.78, 5) is 19.8. The Labute approximate surface area is 136 Å². The molecule has 0 unspecified atom stereocenters. The first kappa shape index (κ1) is 17.0. The molecule has 0 saturated carbocycles. The van der Waals surface area contributed by atoms with Crippen LogP contribution in [0, 0.1) is 13.8 Å². The van der Waals surface area contributed by atoms with E-state index >= 15 is 0 Å². The number of rotatable bonds is 7. The summed E-state index contributed by atoms with van der Waals surface area (Å²) in [7, 11) is 0. The smallest absolute Gasteiger partial charge is 0.251 e. The van der Waals surface area contributed by atoms with Gasteiger partial charge in [0, 0.05) is 17.5 Å². The summed E-state index contributed by atoms with van der Waals surface area (Å²) in [5, 5.41) is 2.93. The van der Waals surface area contributed by atoms with Gasteiger partial charge in [-0.1, -0.05) is 6.07 Å². The lowest BCUT2D eigenvalue weighted by Gasteiger charge is -2.14. The SMILES string of the molecule is Cc1cnc([C@H](C)NC(=O)c2ccc(C)c(OCCCN)c2)[nH]1. The number of ether oxygens (including phenoxy) is 1. The van der Waals surface area contributed by atoms with Gasteiger partial charge in [-0.3, -0.25) is 4.79 Å². The molecule has 0 bridgehead atoms. The van der Waals surface area contributed by atoms with E-state index in [2.05, 4.69) is 15.3 Å². The van der Waals surface area contributed by atoms with Crippen molar-refractivity contribution in [1.29, 1.82) is 0 Å². The molecule has 0 saturated heterocycles. The minimum Gasteiger partial charge on any atom is -0.493 e. The molecular formula is C17H24N4O2. The second-order valence-corrected chi connectivity index (χ2v) is 5.62. The van der Waals surface area contributed by atoms with Crippen molar-refractivity contribution in [1.82, 2.24) is 15.3 Å². The van der Waals surface area contributed by atoms with Crippen LogP contribution in [0.2, 0.25) is 0 Å². The van der Waals surface area contributed by atoms with Gasteiger partial charge in [-0.05, 0) is 51.4 Å². The number of carbonyl (C=O) groups is 1. The van der Waals surface area contributed by atoms with Gasteiger partial charge in [-0.25, -0.2) is 4.98 Å². The van der Waals surface area contributed by atoms with Crippen LogP contribution >= 0.6 is 0 Å². The molecule has 1 aromatic heterocycles. The van der Waals surface area contributed by atoms with Crippen molar-refractivity contribution in [3.63, 3.8) is 0 Å². The summed E-state index contributed by atoms with van der Waals surface area (Å²) >= 11 is 0. The highest BCUT2D eigenvalue weighted by Gasteiger charge is 2.15. The molecule has 6 nitrogen and oxygen atoms in total. The number of benzene rings is 1. The fourth-order valence-corrected chi connectivity index (χ4v) is 2.16. The lowest BCUT2D eigenvalue weighted by atomic mass is 10.1. The molecule has 1 aromatic carbocycles. The molecule has 0 radical (unpaired) electrons. The first-order chi connectivity index (χ1) is 11.0. The van der Waals surface area contributed by atoms with E-state index in [1.165, 1.54) is 0 Å². The molecule has 0 aliphatic heterocycles. The quantitative estimate of drug-likeness (QED) is 0.683. The molecule has 1 heterocycles. The van der Waals surface area contributed by atoms with Crippen molar-refractivity contribution >= 4 is 5.91 Å². The Morgan fingerprint density at radius 1 is 1.43 bits per heavy atom. The Balaban J connectivity index is 2.05. The Morgan fingerprint density at radius 2 is 2.22 bits per heavy atom. The molecule has 0 spiro atoms. The number of nitrogens with zero attached hydrogens (tertiary/aromatic N) is 1. The van der Waals surface area contributed by atoms with Crippen molar-refractivity contribution < 1.29 is 9.53 Å². The molecule has 124 valence electrons. The van der Waals surface area contributed by atoms with Crippen LogP contribution in [0.3, 0.4) is 0 Å². The van der Waals surface area contributed by atoms with Crippen LogP contribution in [0.4, 0.5) is 0 Å². The summed E-state index contributed by atoms with van der Waals surface area (Å²) in [5.41, 5.74) is 7.99. The number of carbonyl (C=O) groups excluding carboxylic acids is 1. The first-order valence-electron chi connectivity index (χ1n) is 7.77. The average Bonchev–Trinajstić information content (AvgIpc) is 2.96. The van der Waals surface area contributed by atoms with Crippen molar-refractivity contribution in [2.75, 3.05) is 13.2 Å². The minimum atomic E-state index is -0.195. The molecule has 2 rings (SSSR count). The van der Waals surface area contributed by atoms with E-state index in [1.807, 2.05) is 26.8 Å². The van der Waals surface area contributed by atoms with Gasteiger partial charge in [0.1, 0.15) is 11.6 Å². The third-order valence-corrected chi connectivity index (χ3v) is 3.54. The molecule has 1 atom stereocenters. The van der Waals surface area contributed by atoms with Crippen LogP contribution in [-0.4, -0.2) is 29.0 Å². The third kappa shape index (κ3) is 4.56. The number of aryl methyl sites for hydroxylation is 2. The zero-order valence-corrected chi connectivity index (χ0v) is 13.8. The van der Waals surface area contributed by atoms with E-state index in [-0.39, 0.29) is 11.9 Å². The normalized spacial score (nSPS) is 12.0. The van der Waals surface area contributed by atoms with E-state index < -0.39 is 0 Å². The zero-order valence-electron chi connectivity index (χ0n) is 13.8. The summed E-state index contributed by atoms with van der Waals surface area (Å²) in [6.45, 7) is 6.90. The summed E-state index contributed by atoms with van der Waals surface area (Å²) < 4.78 is 5.68. The molecule has 1 amide bonds. The minimum absolute atomic E-state index is 0.157. The summed E-state index contributed by atoms with van der Waals surface area (Å²) in [6, 6.07) is 5.25. The molecule has 6 heteroatoms. The Morgan fingerprint density at radius 3 is 2.87 bits per heavy atom. The van der Waals surface area contributed by atoms with Gasteiger partial charge in [-0.15, -0.1) is 0 Å². The molecule has 4 N–H and O–H groups in total. The second kappa shape index (κ2) is 7.78. The highest BCUT2D eigenvalue weighted by atomic mass is 16.5. The van der Waals surface area contributed by atoms with Crippen LogP contribution in [0.15, 0.2) is 24.4 Å². The van der Waals surface area contributed by atoms with Gasteiger partial charge in [-0.2, -0.15) is 0 Å². The number of nitrogens with one attached hydrogen (secondary N) is 2. The molecule has 0 aliphatic rings. The van der Waals surface area contributed by atoms with Crippen LogP contribution < -0.4 is 15.8 Å². The Bertz CT molecular complexity index is 666. The van der Waals surface area contributed by atoms with E-state index in [0.29, 0.717) is 24.5 Å². The maximum atomic E-state index is 12.4. The van der Waals surface area contributed by atoms with Gasteiger partial charge in [0.2, 0.25) is 0 Å². The van der Waals surface area contributed by atoms with E-state index in [1.54, 1.807) is 18.3 Å². The first-order valence-corrected chi connectivity index (χ1v) is 7.77. The third-order valence-electron chi connectivity index (χ3n) is 3.54. The lowest BCUT2D eigenvalue weighted by Crippen LogP contribution is -2.27. The zero-order chi connectivity index (χ0) is 16.8. The van der Waals surface area contributed by atoms with Crippen LogP contribution in [-0.2, 0) is 0 Å². The molecular weight excluding hydrogens is 292 g/mol. The summed E-state index contributed by atoms with van der Waals surface area (Å²) in [6.07, 6.45) is 2.53. The monoisotopic (exact) mass is 316 g/mol. The predicted molar refractivity (Wildman–Crippen MR) is 89.6 cm³/mol. The van der Waals surface area contributed by atoms with Gasteiger partial charge < -0.3 is 20.8 Å². The van der Waals surface area contributed by atoms with Crippen molar-refractivity contribution in [2.24, 2.45) is 5.73 Å². The molecule has 0 fully saturated rings. The highest BCUT2D eigenvalue weighted by Crippen LogP contribution is 2.20. The van der Waals surface area contributed by atoms with Gasteiger partial charge >= 0.3 is 0 Å². The Hall–Kier alpha value is -2.34. The maximum absolute atomic E-state index is 12.4. The maximum Gasteiger partial charge on any atom is 0.251 e. The number of aromatic nitrogens is 2. The number of amides is 1. The van der Waals surface area contributed by atoms with Crippen molar-refractivity contribution in [2.45, 2.75) is 33.2 Å². The van der Waals surface area contributed by atoms with Crippen molar-refractivity contribution in [3.05, 3.63) is 47.0 Å². The number of hydrogen-bond acceptors (Lipinski definition) is 4. The van der Waals surface area contributed by atoms with E-state index in [0.717, 1.165) is 23.5 Å². The van der Waals surface area contributed by atoms with Crippen LogP contribution in [0.5, 0.6) is 5.75 Å². The lowest BCUT2D eigenvalue weighted by molar-refractivity contribution is 0.0938. The fraction of sp³-hybridized carbons (Fsp3) is 0.412. The number of imidazole rings is 1. The highest BCUT2D eigenvalue weighted by molar-refractivity contribution is 5.94. The second-order valence-electron chi connectivity index (χ2n) is 5.62. The van der Waals surface area contributed by atoms with Crippen molar-refractivity contribution in [3.8, 4) is 5.75 Å². The van der Waals surface area contributed by atoms with Gasteiger partial charge in [0.05, 0.1) is 12.6 Å². The summed E-state index contributed by atoms with van der Waals surface area (Å²) in [5.74, 6) is 1.30. The topological polar surface area (TPSA) is 93.0 Å². The number of nitrogens with two attached hydrogens (primary N) is 1. The predicted octanol–water partition coefficient (Wildman–Crippen LogP) is 2.25. The van der Waals surface area contributed by atoms with Crippen LogP contribution in [0.25, 0.3) is 0 Å². The van der Waals surface area contributed by atoms with Gasteiger partial charge in [0.15, 0.2) is 0 Å². The molecule has 0 aliphatic carbocycles. The number of hydrogen-bond donors (Lipinski definition) is 3. The standard InChI is InChI=1S/C17H24N4O2/c1-11-5-6-14(9-15(11)23-8-4-7-18)17(22)21-13(3)16-19-10-12(2)20-16/h5-6,9-10,13H,4,7-8,18H2,1-3H3,(H,19,20)(H,21,22)/t13-/m0/s1. The fourth-order valence-electron chi connectivity index (χ4n) is 2.16. The van der Waals surface area contributed by atoms with Crippen LogP contribution in [0.1, 0.15) is 46.8 Å². The molecule has 23 heavy (non-hydrogen) atoms. The largest absolute Gasteiger partial charge is 0.493 e. The average molecular weight is 316 g/mol. The number of aromatic amines is 1. The van der Waals surface area contributed by atoms with E-state index in [9.17, 15) is 4.79 Å². The van der Waals surface area contributed by atoms with Gasteiger partial charge in [0.25, 0.3) is 5.91 Å². The number of H-pyrrole nitrogens is 1. The Kier molecular flexibility index (Phi) is 5.76. The van der Waals surface area contributed by atoms with E-state index in [4.69, 9.17) is 10.5 Å². The molecule has 2 aromatic rings.